The summed E-state index contributed by atoms with van der Waals surface area (Å²) in [6.07, 6.45) is -2.28. The standard InChI is InChI=1S/C69H120N12O14/c1-38(2)31-49-64(89)78(21)52(34-41(7)8)60(85)71-46(16)69(94)95-59(44(13)14)68(93)79(22)53(35-42(9)10)62(87)73-50(32-39(3)4)65(90)80(23)56(43(11)12)67(92)81(24)57(58(84)45(15)28-30-75(18)36-48-27-25-26-29-70-48)63(88)74-55(47(17)82)66(91)76(19)37-54(83)77(20)51(33-40(5)6)61(86)72-49/h25-27,29,38-47,49-53,55-59,82,84H,28,30-37H2,1-24H3,(H,71,85)(H,72,86)(H,73,87)(H,74,88)/t45-,46+,47?,49-,50+,51+,52+,53+,55-,56+,57+,58?,59+/m1/s1. The molecule has 0 saturated carbocycles. The van der Waals surface area contributed by atoms with Gasteiger partial charge in [0.15, 0.2) is 6.10 Å². The molecule has 1 aromatic heterocycles. The second-order valence-electron chi connectivity index (χ2n) is 29.3. The van der Waals surface area contributed by atoms with Crippen LogP contribution in [0.15, 0.2) is 24.4 Å². The second-order valence-corrected chi connectivity index (χ2v) is 29.3. The van der Waals surface area contributed by atoms with E-state index >= 15 is 14.4 Å². The number of nitrogens with one attached hydrogen (secondary N) is 4. The molecule has 10 amide bonds. The smallest absolute Gasteiger partial charge is 0.329 e. The fourth-order valence-electron chi connectivity index (χ4n) is 11.8. The lowest BCUT2D eigenvalue weighted by atomic mass is 9.91. The van der Waals surface area contributed by atoms with E-state index in [2.05, 4.69) is 26.3 Å². The maximum Gasteiger partial charge on any atom is 0.329 e. The Labute approximate surface area is 566 Å². The van der Waals surface area contributed by atoms with Crippen LogP contribution >= 0.6 is 0 Å². The van der Waals surface area contributed by atoms with Crippen molar-refractivity contribution in [2.75, 3.05) is 62.4 Å². The van der Waals surface area contributed by atoms with Gasteiger partial charge in [0.1, 0.15) is 54.4 Å². The van der Waals surface area contributed by atoms with Gasteiger partial charge < -0.3 is 70.5 Å². The highest BCUT2D eigenvalue weighted by Crippen LogP contribution is 2.25. The van der Waals surface area contributed by atoms with Crippen molar-refractivity contribution < 1.29 is 67.7 Å². The average molecular weight is 1340 g/mol. The number of hydrogen-bond acceptors (Lipinski definition) is 16. The fraction of sp³-hybridized carbons (Fsp3) is 0.768. The maximum absolute atomic E-state index is 15.4. The number of carbonyl (C=O) groups excluding carboxylic acids is 11. The number of carbonyl (C=O) groups is 11. The zero-order valence-electron chi connectivity index (χ0n) is 61.6. The third-order valence-electron chi connectivity index (χ3n) is 17.4. The Hall–Kier alpha value is -6.80. The molecule has 95 heavy (non-hydrogen) atoms. The van der Waals surface area contributed by atoms with Gasteiger partial charge in [-0.2, -0.15) is 0 Å². The van der Waals surface area contributed by atoms with E-state index in [9.17, 15) is 48.6 Å². The molecule has 1 aliphatic rings. The van der Waals surface area contributed by atoms with Crippen LogP contribution in [0.3, 0.4) is 0 Å². The Morgan fingerprint density at radius 1 is 0.526 bits per heavy atom. The predicted octanol–water partition coefficient (Wildman–Crippen LogP) is 3.30. The molecule has 0 aliphatic carbocycles. The van der Waals surface area contributed by atoms with Crippen molar-refractivity contribution in [3.05, 3.63) is 30.1 Å². The summed E-state index contributed by atoms with van der Waals surface area (Å²) in [5, 5.41) is 34.8. The highest BCUT2D eigenvalue weighted by molar-refractivity contribution is 5.99. The minimum atomic E-state index is -1.78. The first-order valence-corrected chi connectivity index (χ1v) is 33.9. The van der Waals surface area contributed by atoms with Crippen molar-refractivity contribution in [3.8, 4) is 0 Å². The number of aliphatic hydroxyl groups is 2. The molecular formula is C69H120N12O14. The average Bonchev–Trinajstić information content (AvgIpc) is 0.833. The Morgan fingerprint density at radius 3 is 1.40 bits per heavy atom. The summed E-state index contributed by atoms with van der Waals surface area (Å²) in [6, 6.07) is -6.86. The van der Waals surface area contributed by atoms with E-state index in [4.69, 9.17) is 4.74 Å². The van der Waals surface area contributed by atoms with Gasteiger partial charge in [-0.25, -0.2) is 4.79 Å². The van der Waals surface area contributed by atoms with E-state index in [1.54, 1.807) is 46.9 Å². The van der Waals surface area contributed by atoms with Gasteiger partial charge in [-0.15, -0.1) is 0 Å². The molecule has 6 N–H and O–H groups in total. The number of likely N-dealkylation sites (N-methyl/N-ethyl adjacent to an activating group) is 6. The predicted molar refractivity (Wildman–Crippen MR) is 363 cm³/mol. The normalized spacial score (nSPS) is 25.6. The SMILES string of the molecule is CC(C)C[C@@H]1NC(=O)[C@H](CC(C)C)N(C)C(=O)[C@H](C(C)C)OC(=O)[C@H](C)NC(=O)[C@H](CC(C)C)N(C)C(=O)[C@@H](CC(C)C)NC(=O)[C@H](CC(C)C)N(C)C(=O)CN(C)C(=O)[C@@H](C(C)O)NC(=O)[C@H](C(O)[C@H](C)CCN(C)Cc2ccccn2)N(C)C(=O)[C@H](C(C)C)N(C)C1=O. The van der Waals surface area contributed by atoms with Gasteiger partial charge in [0.2, 0.25) is 53.2 Å². The third kappa shape index (κ3) is 25.3. The molecule has 1 aliphatic heterocycles. The van der Waals surface area contributed by atoms with Crippen LogP contribution < -0.4 is 21.3 Å². The van der Waals surface area contributed by atoms with Crippen molar-refractivity contribution in [1.82, 2.24) is 60.6 Å². The van der Waals surface area contributed by atoms with Gasteiger partial charge in [-0.1, -0.05) is 110 Å². The molecule has 2 rings (SSSR count). The number of cyclic esters (lactones) is 1. The van der Waals surface area contributed by atoms with Crippen molar-refractivity contribution >= 4 is 65.0 Å². The highest BCUT2D eigenvalue weighted by atomic mass is 16.6. The summed E-state index contributed by atoms with van der Waals surface area (Å²) in [6.45, 7) is 29.6. The monoisotopic (exact) mass is 1340 g/mol. The lowest BCUT2D eigenvalue weighted by Gasteiger charge is -2.40. The van der Waals surface area contributed by atoms with Crippen LogP contribution in [-0.4, -0.2) is 250 Å². The number of ether oxygens (including phenoxy) is 1. The Bertz CT molecular complexity index is 2710. The number of pyridine rings is 1. The molecule has 2 unspecified atom stereocenters. The van der Waals surface area contributed by atoms with Crippen LogP contribution in [0.2, 0.25) is 0 Å². The van der Waals surface area contributed by atoms with E-state index in [1.807, 2.05) is 93.3 Å². The van der Waals surface area contributed by atoms with Gasteiger partial charge in [-0.3, -0.25) is 52.9 Å². The molecule has 0 bridgehead atoms. The lowest BCUT2D eigenvalue weighted by molar-refractivity contribution is -0.166. The first kappa shape index (κ1) is 84.3. The summed E-state index contributed by atoms with van der Waals surface area (Å²) >= 11 is 0. The largest absolute Gasteiger partial charge is 0.450 e. The minimum Gasteiger partial charge on any atom is -0.450 e. The lowest BCUT2D eigenvalue weighted by Crippen LogP contribution is -2.64. The van der Waals surface area contributed by atoms with Crippen LogP contribution in [0.1, 0.15) is 162 Å². The van der Waals surface area contributed by atoms with Crippen molar-refractivity contribution in [2.45, 2.75) is 235 Å². The van der Waals surface area contributed by atoms with E-state index in [0.717, 1.165) is 20.4 Å². The first-order chi connectivity index (χ1) is 44.0. The number of aliphatic hydroxyl groups excluding tert-OH is 2. The topological polar surface area (TPSA) is 321 Å². The summed E-state index contributed by atoms with van der Waals surface area (Å²) < 4.78 is 5.92. The Kier molecular flexibility index (Phi) is 34.4. The van der Waals surface area contributed by atoms with Gasteiger partial charge >= 0.3 is 5.97 Å². The van der Waals surface area contributed by atoms with Gasteiger partial charge in [0.05, 0.1) is 24.4 Å². The Balaban J connectivity index is 3.03. The molecule has 1 aromatic rings. The molecule has 26 heteroatoms. The molecule has 540 valence electrons. The first-order valence-electron chi connectivity index (χ1n) is 33.9. The van der Waals surface area contributed by atoms with Crippen molar-refractivity contribution in [3.63, 3.8) is 0 Å². The molecule has 13 atom stereocenters. The third-order valence-corrected chi connectivity index (χ3v) is 17.4. The second kappa shape index (κ2) is 38.8. The van der Waals surface area contributed by atoms with E-state index in [1.165, 1.54) is 70.8 Å². The van der Waals surface area contributed by atoms with Crippen LogP contribution in [0.4, 0.5) is 0 Å². The van der Waals surface area contributed by atoms with Crippen LogP contribution in [0.25, 0.3) is 0 Å². The van der Waals surface area contributed by atoms with Gasteiger partial charge in [-0.05, 0) is 125 Å². The fourth-order valence-corrected chi connectivity index (χ4v) is 11.8. The Morgan fingerprint density at radius 2 is 0.968 bits per heavy atom. The van der Waals surface area contributed by atoms with Crippen LogP contribution in [-0.2, 0) is 64.0 Å². The number of nitrogens with zero attached hydrogens (tertiary/aromatic N) is 8. The number of hydrogen-bond donors (Lipinski definition) is 6. The molecule has 0 spiro atoms. The maximum atomic E-state index is 15.4. The van der Waals surface area contributed by atoms with E-state index in [0.29, 0.717) is 13.1 Å². The number of aromatic nitrogens is 1. The van der Waals surface area contributed by atoms with E-state index in [-0.39, 0.29) is 68.1 Å². The molecule has 2 heterocycles. The molecule has 0 aromatic carbocycles. The number of amides is 10. The number of rotatable bonds is 20. The van der Waals surface area contributed by atoms with Crippen molar-refractivity contribution in [2.24, 2.45) is 47.3 Å². The zero-order valence-corrected chi connectivity index (χ0v) is 61.6. The van der Waals surface area contributed by atoms with Crippen molar-refractivity contribution in [1.29, 1.82) is 0 Å². The summed E-state index contributed by atoms with van der Waals surface area (Å²) in [5.74, 6) is -11.7. The van der Waals surface area contributed by atoms with Crippen LogP contribution in [0, 0.1) is 47.3 Å². The van der Waals surface area contributed by atoms with Gasteiger partial charge in [0, 0.05) is 55.0 Å². The summed E-state index contributed by atoms with van der Waals surface area (Å²) in [7, 11) is 10.0. The molecule has 1 fully saturated rings. The minimum absolute atomic E-state index is 0.0703. The molecular weight excluding hydrogens is 1220 g/mol. The number of esters is 1. The van der Waals surface area contributed by atoms with Crippen LogP contribution in [0.5, 0.6) is 0 Å². The highest BCUT2D eigenvalue weighted by Gasteiger charge is 2.46. The molecule has 1 saturated heterocycles. The molecule has 0 radical (unpaired) electrons. The van der Waals surface area contributed by atoms with E-state index < -0.39 is 162 Å². The molecule has 26 nitrogen and oxygen atoms in total. The zero-order chi connectivity index (χ0) is 73.0. The summed E-state index contributed by atoms with van der Waals surface area (Å²) in [4.78, 5) is 175. The quantitative estimate of drug-likeness (QED) is 0.102. The van der Waals surface area contributed by atoms with Gasteiger partial charge in [0.25, 0.3) is 5.91 Å². The summed E-state index contributed by atoms with van der Waals surface area (Å²) in [5.41, 5.74) is 0.793.